The molecule has 0 radical (unpaired) electrons. The number of piperazine rings is 1. The molecule has 2 fully saturated rings. The summed E-state index contributed by atoms with van der Waals surface area (Å²) in [5.41, 5.74) is 12.6. The lowest BCUT2D eigenvalue weighted by Gasteiger charge is -2.40. The van der Waals surface area contributed by atoms with Crippen LogP contribution in [-0.4, -0.2) is 65.2 Å². The van der Waals surface area contributed by atoms with Crippen LogP contribution in [0, 0.1) is 0 Å². The second-order valence-corrected chi connectivity index (χ2v) is 9.88. The van der Waals surface area contributed by atoms with Gasteiger partial charge in [0.15, 0.2) is 5.13 Å². The highest BCUT2D eigenvalue weighted by atomic mass is 32.2. The third kappa shape index (κ3) is 4.31. The van der Waals surface area contributed by atoms with E-state index in [1.807, 2.05) is 12.1 Å². The SMILES string of the molecule is NC(=O)c1ccccc1-c1cnc(N2CCN(SC3(C(N)=O)CCOCC3)CC2)s1. The van der Waals surface area contributed by atoms with E-state index < -0.39 is 10.7 Å². The Kier molecular flexibility index (Phi) is 6.28. The van der Waals surface area contributed by atoms with Crippen LogP contribution >= 0.6 is 23.3 Å². The molecule has 160 valence electrons. The van der Waals surface area contributed by atoms with Crippen molar-refractivity contribution in [1.29, 1.82) is 0 Å². The molecule has 8 nitrogen and oxygen atoms in total. The average molecular weight is 448 g/mol. The van der Waals surface area contributed by atoms with E-state index in [1.165, 1.54) is 0 Å². The summed E-state index contributed by atoms with van der Waals surface area (Å²) in [6.07, 6.45) is 3.11. The van der Waals surface area contributed by atoms with Crippen LogP contribution < -0.4 is 16.4 Å². The molecule has 0 unspecified atom stereocenters. The minimum absolute atomic E-state index is 0.254. The van der Waals surface area contributed by atoms with Gasteiger partial charge in [-0.2, -0.15) is 0 Å². The molecule has 4 N–H and O–H groups in total. The van der Waals surface area contributed by atoms with Crippen molar-refractivity contribution in [2.45, 2.75) is 17.6 Å². The fourth-order valence-corrected chi connectivity index (χ4v) is 6.04. The Labute approximate surface area is 183 Å². The van der Waals surface area contributed by atoms with E-state index in [0.29, 0.717) is 31.6 Å². The second kappa shape index (κ2) is 8.93. The van der Waals surface area contributed by atoms with Crippen LogP contribution in [0.25, 0.3) is 10.4 Å². The van der Waals surface area contributed by atoms with Gasteiger partial charge in [0.2, 0.25) is 11.8 Å². The lowest BCUT2D eigenvalue weighted by atomic mass is 9.98. The lowest BCUT2D eigenvalue weighted by molar-refractivity contribution is -0.122. The predicted molar refractivity (Wildman–Crippen MR) is 119 cm³/mol. The van der Waals surface area contributed by atoms with Gasteiger partial charge < -0.3 is 21.1 Å². The lowest BCUT2D eigenvalue weighted by Crippen LogP contribution is -2.51. The molecule has 2 amide bonds. The highest BCUT2D eigenvalue weighted by Gasteiger charge is 2.41. The largest absolute Gasteiger partial charge is 0.381 e. The molecule has 2 aliphatic heterocycles. The Morgan fingerprint density at radius 1 is 1.10 bits per heavy atom. The van der Waals surface area contributed by atoms with Gasteiger partial charge in [0.05, 0.1) is 4.88 Å². The molecule has 0 bridgehead atoms. The zero-order valence-corrected chi connectivity index (χ0v) is 18.2. The van der Waals surface area contributed by atoms with Gasteiger partial charge in [-0.15, -0.1) is 0 Å². The summed E-state index contributed by atoms with van der Waals surface area (Å²) >= 11 is 3.14. The number of aromatic nitrogens is 1. The minimum atomic E-state index is -0.562. The zero-order valence-electron chi connectivity index (χ0n) is 16.6. The van der Waals surface area contributed by atoms with Crippen LogP contribution in [0.4, 0.5) is 5.13 Å². The van der Waals surface area contributed by atoms with E-state index in [2.05, 4.69) is 14.2 Å². The number of amides is 2. The Hall–Kier alpha value is -2.14. The molecule has 10 heteroatoms. The molecule has 0 atom stereocenters. The molecule has 1 aromatic heterocycles. The molecule has 0 saturated carbocycles. The fourth-order valence-electron chi connectivity index (χ4n) is 3.75. The molecule has 3 heterocycles. The topological polar surface area (TPSA) is 115 Å². The van der Waals surface area contributed by atoms with Crippen LogP contribution in [0.3, 0.4) is 0 Å². The van der Waals surface area contributed by atoms with Gasteiger partial charge in [0.25, 0.3) is 0 Å². The summed E-state index contributed by atoms with van der Waals surface area (Å²) in [7, 11) is 0. The van der Waals surface area contributed by atoms with Crippen molar-refractivity contribution in [3.05, 3.63) is 36.0 Å². The van der Waals surface area contributed by atoms with Crippen molar-refractivity contribution in [1.82, 2.24) is 9.29 Å². The summed E-state index contributed by atoms with van der Waals surface area (Å²) in [6.45, 7) is 4.39. The van der Waals surface area contributed by atoms with Crippen molar-refractivity contribution in [3.8, 4) is 10.4 Å². The number of thiazole rings is 1. The number of hydrogen-bond acceptors (Lipinski definition) is 8. The van der Waals surface area contributed by atoms with Crippen LogP contribution in [0.2, 0.25) is 0 Å². The minimum Gasteiger partial charge on any atom is -0.381 e. The highest BCUT2D eigenvalue weighted by Crippen LogP contribution is 2.39. The van der Waals surface area contributed by atoms with Gasteiger partial charge in [0, 0.05) is 56.7 Å². The maximum absolute atomic E-state index is 12.1. The average Bonchev–Trinajstić information content (AvgIpc) is 3.25. The number of nitrogens with zero attached hydrogens (tertiary/aromatic N) is 3. The molecule has 2 saturated heterocycles. The third-order valence-electron chi connectivity index (χ3n) is 5.51. The van der Waals surface area contributed by atoms with Crippen molar-refractivity contribution in [2.75, 3.05) is 44.3 Å². The Morgan fingerprint density at radius 2 is 1.80 bits per heavy atom. The number of nitrogens with two attached hydrogens (primary N) is 2. The first-order valence-electron chi connectivity index (χ1n) is 9.90. The Balaban J connectivity index is 1.41. The molecule has 0 aliphatic carbocycles. The Bertz CT molecular complexity index is 921. The van der Waals surface area contributed by atoms with Gasteiger partial charge >= 0.3 is 0 Å². The molecule has 4 rings (SSSR count). The zero-order chi connectivity index (χ0) is 21.1. The normalized spacial score (nSPS) is 19.5. The summed E-state index contributed by atoms with van der Waals surface area (Å²) in [4.78, 5) is 31.6. The molecule has 30 heavy (non-hydrogen) atoms. The fraction of sp³-hybridized carbons (Fsp3) is 0.450. The number of benzene rings is 1. The number of carbonyl (C=O) groups excluding carboxylic acids is 2. The van der Waals surface area contributed by atoms with Gasteiger partial charge in [-0.3, -0.25) is 9.59 Å². The quantitative estimate of drug-likeness (QED) is 0.648. The first-order valence-corrected chi connectivity index (χ1v) is 11.5. The van der Waals surface area contributed by atoms with E-state index in [0.717, 1.165) is 41.8 Å². The first-order chi connectivity index (χ1) is 14.5. The van der Waals surface area contributed by atoms with Gasteiger partial charge in [-0.05, 0) is 18.9 Å². The maximum Gasteiger partial charge on any atom is 0.249 e. The van der Waals surface area contributed by atoms with Crippen molar-refractivity contribution < 1.29 is 14.3 Å². The number of hydrogen-bond donors (Lipinski definition) is 2. The van der Waals surface area contributed by atoms with E-state index >= 15 is 0 Å². The number of rotatable bonds is 6. The van der Waals surface area contributed by atoms with Crippen LogP contribution in [-0.2, 0) is 9.53 Å². The monoisotopic (exact) mass is 447 g/mol. The van der Waals surface area contributed by atoms with E-state index in [4.69, 9.17) is 16.2 Å². The summed E-state index contributed by atoms with van der Waals surface area (Å²) in [5.74, 6) is -0.696. The second-order valence-electron chi connectivity index (χ2n) is 7.40. The van der Waals surface area contributed by atoms with Gasteiger partial charge in [0.1, 0.15) is 4.75 Å². The highest BCUT2D eigenvalue weighted by molar-refractivity contribution is 7.99. The molecule has 1 aromatic carbocycles. The standard InChI is InChI=1S/C20H25N5O3S2/c21-17(26)15-4-2-1-3-14(15)16-13-23-19(29-16)24-7-9-25(10-8-24)30-20(18(22)27)5-11-28-12-6-20/h1-4,13H,5-12H2,(H2,21,26)(H2,22,27). The summed E-state index contributed by atoms with van der Waals surface area (Å²) < 4.78 is 7.09. The van der Waals surface area contributed by atoms with Crippen LogP contribution in [0.1, 0.15) is 23.2 Å². The number of carbonyl (C=O) groups is 2. The molecule has 2 aliphatic rings. The molecule has 0 spiro atoms. The van der Waals surface area contributed by atoms with E-state index in [1.54, 1.807) is 41.6 Å². The van der Waals surface area contributed by atoms with Crippen molar-refractivity contribution in [2.24, 2.45) is 11.5 Å². The molecular weight excluding hydrogens is 422 g/mol. The first kappa shape index (κ1) is 21.1. The van der Waals surface area contributed by atoms with Gasteiger partial charge in [-0.25, -0.2) is 9.29 Å². The smallest absolute Gasteiger partial charge is 0.249 e. The van der Waals surface area contributed by atoms with E-state index in [9.17, 15) is 9.59 Å². The summed E-state index contributed by atoms with van der Waals surface area (Å²) in [6, 6.07) is 7.32. The molecular formula is C20H25N5O3S2. The van der Waals surface area contributed by atoms with Crippen molar-refractivity contribution >= 4 is 40.2 Å². The van der Waals surface area contributed by atoms with E-state index in [-0.39, 0.29) is 5.91 Å². The maximum atomic E-state index is 12.1. The number of ether oxygens (including phenoxy) is 1. The third-order valence-corrected chi connectivity index (χ3v) is 8.19. The summed E-state index contributed by atoms with van der Waals surface area (Å²) in [5, 5.41) is 0.921. The number of primary amides is 2. The van der Waals surface area contributed by atoms with Gasteiger partial charge in [-0.1, -0.05) is 41.5 Å². The van der Waals surface area contributed by atoms with Crippen molar-refractivity contribution in [3.63, 3.8) is 0 Å². The predicted octanol–water partition coefficient (Wildman–Crippen LogP) is 1.71. The van der Waals surface area contributed by atoms with Crippen LogP contribution in [0.5, 0.6) is 0 Å². The number of anilines is 1. The van der Waals surface area contributed by atoms with Crippen LogP contribution in [0.15, 0.2) is 30.5 Å². The molecule has 2 aromatic rings. The Morgan fingerprint density at radius 3 is 2.47 bits per heavy atom.